The number of benzene rings is 1. The third-order valence-electron chi connectivity index (χ3n) is 2.11. The second kappa shape index (κ2) is 4.20. The van der Waals surface area contributed by atoms with Gasteiger partial charge in [-0.2, -0.15) is 0 Å². The molecule has 0 aliphatic rings. The number of aromatic nitrogens is 3. The van der Waals surface area contributed by atoms with E-state index >= 15 is 0 Å². The summed E-state index contributed by atoms with van der Waals surface area (Å²) in [6, 6.07) is 4.41. The summed E-state index contributed by atoms with van der Waals surface area (Å²) in [5, 5.41) is 13.2. The molecule has 17 heavy (non-hydrogen) atoms. The van der Waals surface area contributed by atoms with Gasteiger partial charge in [0.05, 0.1) is 11.3 Å². The van der Waals surface area contributed by atoms with E-state index < -0.39 is 17.3 Å². The lowest BCUT2D eigenvalue weighted by atomic mass is 10.2. The van der Waals surface area contributed by atoms with Gasteiger partial charge >= 0.3 is 17.3 Å². The topological polar surface area (TPSA) is 108 Å². The normalized spacial score (nSPS) is 10.4. The summed E-state index contributed by atoms with van der Waals surface area (Å²) in [5.74, 6) is -1.20. The van der Waals surface area contributed by atoms with Crippen LogP contribution < -0.4 is 11.4 Å². The van der Waals surface area contributed by atoms with E-state index in [0.29, 0.717) is 3.57 Å². The van der Waals surface area contributed by atoms with E-state index in [9.17, 15) is 14.4 Å². The largest absolute Gasteiger partial charge is 0.478 e. The van der Waals surface area contributed by atoms with Crippen LogP contribution >= 0.6 is 22.6 Å². The number of hydrogen-bond acceptors (Lipinski definition) is 3. The fourth-order valence-corrected chi connectivity index (χ4v) is 1.90. The maximum atomic E-state index is 11.4. The van der Waals surface area contributed by atoms with Gasteiger partial charge in [0.25, 0.3) is 0 Å². The zero-order valence-electron chi connectivity index (χ0n) is 8.23. The second-order valence-corrected chi connectivity index (χ2v) is 4.41. The Labute approximate surface area is 107 Å². The molecule has 1 aromatic carbocycles. The molecule has 0 radical (unpaired) electrons. The minimum Gasteiger partial charge on any atom is -0.478 e. The highest BCUT2D eigenvalue weighted by molar-refractivity contribution is 14.1. The highest BCUT2D eigenvalue weighted by atomic mass is 127. The van der Waals surface area contributed by atoms with Crippen LogP contribution in [-0.4, -0.2) is 25.8 Å². The fourth-order valence-electron chi connectivity index (χ4n) is 1.40. The van der Waals surface area contributed by atoms with Crippen LogP contribution in [0.3, 0.4) is 0 Å². The first kappa shape index (κ1) is 11.6. The molecule has 7 nitrogen and oxygen atoms in total. The van der Waals surface area contributed by atoms with Crippen molar-refractivity contribution in [2.75, 3.05) is 0 Å². The molecular weight excluding hydrogens is 341 g/mol. The van der Waals surface area contributed by atoms with E-state index in [1.54, 1.807) is 6.07 Å². The molecule has 0 fully saturated rings. The molecule has 0 amide bonds. The van der Waals surface area contributed by atoms with Crippen molar-refractivity contribution in [2.45, 2.75) is 0 Å². The van der Waals surface area contributed by atoms with Crippen LogP contribution in [0.4, 0.5) is 0 Å². The van der Waals surface area contributed by atoms with Crippen molar-refractivity contribution in [3.63, 3.8) is 0 Å². The molecule has 3 N–H and O–H groups in total. The van der Waals surface area contributed by atoms with Crippen LogP contribution in [0.2, 0.25) is 0 Å². The Morgan fingerprint density at radius 2 is 1.82 bits per heavy atom. The molecule has 0 aliphatic heterocycles. The Balaban J connectivity index is 2.81. The average molecular weight is 347 g/mol. The van der Waals surface area contributed by atoms with Gasteiger partial charge in [-0.1, -0.05) is 0 Å². The van der Waals surface area contributed by atoms with Gasteiger partial charge in [0.2, 0.25) is 0 Å². The van der Waals surface area contributed by atoms with Crippen molar-refractivity contribution in [3.05, 3.63) is 48.3 Å². The Morgan fingerprint density at radius 3 is 2.35 bits per heavy atom. The number of nitrogens with zero attached hydrogens (tertiary/aromatic N) is 1. The zero-order chi connectivity index (χ0) is 12.6. The summed E-state index contributed by atoms with van der Waals surface area (Å²) < 4.78 is 1.43. The van der Waals surface area contributed by atoms with Gasteiger partial charge in [-0.25, -0.2) is 29.1 Å². The fraction of sp³-hybridized carbons (Fsp3) is 0. The SMILES string of the molecule is O=C(O)c1cc(I)ccc1-n1c(=O)[nH][nH]c1=O. The molecule has 0 saturated heterocycles. The average Bonchev–Trinajstić information content (AvgIpc) is 2.59. The van der Waals surface area contributed by atoms with Crippen molar-refractivity contribution in [1.29, 1.82) is 0 Å². The van der Waals surface area contributed by atoms with Gasteiger partial charge in [0.15, 0.2) is 0 Å². The lowest BCUT2D eigenvalue weighted by Gasteiger charge is -2.04. The lowest BCUT2D eigenvalue weighted by Crippen LogP contribution is -2.26. The molecule has 1 heterocycles. The van der Waals surface area contributed by atoms with Crippen molar-refractivity contribution >= 4 is 28.6 Å². The van der Waals surface area contributed by atoms with Gasteiger partial charge in [-0.3, -0.25) is 0 Å². The highest BCUT2D eigenvalue weighted by Gasteiger charge is 2.15. The molecule has 0 atom stereocenters. The number of carbonyl (C=O) groups is 1. The van der Waals surface area contributed by atoms with Gasteiger partial charge in [-0.15, -0.1) is 0 Å². The van der Waals surface area contributed by atoms with Gasteiger partial charge in [-0.05, 0) is 40.8 Å². The molecule has 0 unspecified atom stereocenters. The summed E-state index contributed by atoms with van der Waals surface area (Å²) in [4.78, 5) is 33.8. The van der Waals surface area contributed by atoms with E-state index in [2.05, 4.69) is 10.2 Å². The van der Waals surface area contributed by atoms with Crippen molar-refractivity contribution in [3.8, 4) is 5.69 Å². The van der Waals surface area contributed by atoms with Crippen LogP contribution in [0, 0.1) is 3.57 Å². The highest BCUT2D eigenvalue weighted by Crippen LogP contribution is 2.15. The number of halogens is 1. The van der Waals surface area contributed by atoms with E-state index in [4.69, 9.17) is 5.11 Å². The zero-order valence-corrected chi connectivity index (χ0v) is 10.4. The predicted molar refractivity (Wildman–Crippen MR) is 66.7 cm³/mol. The number of rotatable bonds is 2. The third-order valence-corrected chi connectivity index (χ3v) is 2.78. The van der Waals surface area contributed by atoms with Gasteiger partial charge in [0, 0.05) is 3.57 Å². The Bertz CT molecular complexity index is 669. The smallest absolute Gasteiger partial charge is 0.349 e. The Kier molecular flexibility index (Phi) is 2.88. The number of aromatic carboxylic acids is 1. The summed E-state index contributed by atoms with van der Waals surface area (Å²) >= 11 is 1.95. The van der Waals surface area contributed by atoms with E-state index in [1.807, 2.05) is 22.6 Å². The Hall–Kier alpha value is -1.84. The number of carboxylic acid groups (broad SMARTS) is 1. The molecular formula is C9H6IN3O4. The summed E-state index contributed by atoms with van der Waals surface area (Å²) in [7, 11) is 0. The number of hydrogen-bond donors (Lipinski definition) is 3. The summed E-state index contributed by atoms with van der Waals surface area (Å²) in [6.45, 7) is 0. The number of carboxylic acids is 1. The number of aromatic amines is 2. The molecule has 1 aromatic heterocycles. The third kappa shape index (κ3) is 2.02. The maximum Gasteiger partial charge on any atom is 0.349 e. The molecule has 2 aromatic rings. The van der Waals surface area contributed by atoms with E-state index in [0.717, 1.165) is 4.57 Å². The molecule has 88 valence electrons. The van der Waals surface area contributed by atoms with Crippen molar-refractivity contribution < 1.29 is 9.90 Å². The number of H-pyrrole nitrogens is 2. The van der Waals surface area contributed by atoms with Crippen LogP contribution in [0.1, 0.15) is 10.4 Å². The van der Waals surface area contributed by atoms with Gasteiger partial charge in [0.1, 0.15) is 0 Å². The monoisotopic (exact) mass is 347 g/mol. The summed E-state index contributed by atoms with van der Waals surface area (Å²) in [6.07, 6.45) is 0. The number of nitrogens with one attached hydrogen (secondary N) is 2. The van der Waals surface area contributed by atoms with E-state index in [1.165, 1.54) is 12.1 Å². The minimum atomic E-state index is -1.20. The standard InChI is InChI=1S/C9H6IN3O4/c10-4-1-2-6(5(3-4)7(14)15)13-8(16)11-12-9(13)17/h1-3H,(H,11,16)(H,12,17)(H,14,15). The molecule has 0 bridgehead atoms. The molecule has 0 saturated carbocycles. The first-order valence-electron chi connectivity index (χ1n) is 4.43. The minimum absolute atomic E-state index is 0.0328. The van der Waals surface area contributed by atoms with Gasteiger partial charge < -0.3 is 5.11 Å². The van der Waals surface area contributed by atoms with Crippen LogP contribution in [-0.2, 0) is 0 Å². The van der Waals surface area contributed by atoms with Crippen molar-refractivity contribution in [1.82, 2.24) is 14.8 Å². The first-order valence-corrected chi connectivity index (χ1v) is 5.51. The van der Waals surface area contributed by atoms with Crippen LogP contribution in [0.5, 0.6) is 0 Å². The summed E-state index contributed by atoms with van der Waals surface area (Å²) in [5.41, 5.74) is -1.49. The molecule has 0 aliphatic carbocycles. The van der Waals surface area contributed by atoms with Crippen LogP contribution in [0.25, 0.3) is 5.69 Å². The first-order chi connectivity index (χ1) is 8.00. The predicted octanol–water partition coefficient (Wildman–Crippen LogP) is 0.157. The molecule has 0 spiro atoms. The molecule has 8 heteroatoms. The van der Waals surface area contributed by atoms with Crippen LogP contribution in [0.15, 0.2) is 27.8 Å². The quantitative estimate of drug-likeness (QED) is 0.673. The second-order valence-electron chi connectivity index (χ2n) is 3.16. The molecule has 2 rings (SSSR count). The Morgan fingerprint density at radius 1 is 1.24 bits per heavy atom. The van der Waals surface area contributed by atoms with E-state index in [-0.39, 0.29) is 11.3 Å². The maximum absolute atomic E-state index is 11.4. The lowest BCUT2D eigenvalue weighted by molar-refractivity contribution is 0.0697. The van der Waals surface area contributed by atoms with Crippen molar-refractivity contribution in [2.24, 2.45) is 0 Å².